The van der Waals surface area contributed by atoms with Crippen molar-refractivity contribution < 1.29 is 17.9 Å². The Morgan fingerprint density at radius 1 is 1.15 bits per heavy atom. The predicted octanol–water partition coefficient (Wildman–Crippen LogP) is 4.84. The fourth-order valence-electron chi connectivity index (χ4n) is 6.07. The number of pyridine rings is 1. The van der Waals surface area contributed by atoms with E-state index in [0.29, 0.717) is 36.0 Å². The molecule has 2 bridgehead atoms. The molecule has 0 amide bonds. The average molecular weight is 553 g/mol. The average Bonchev–Trinajstić information content (AvgIpc) is 3.63. The first-order valence-corrected chi connectivity index (χ1v) is 13.5. The van der Waals surface area contributed by atoms with Crippen LogP contribution in [0, 0.1) is 0 Å². The number of alkyl halides is 3. The first kappa shape index (κ1) is 26.3. The van der Waals surface area contributed by atoms with E-state index < -0.39 is 11.9 Å². The van der Waals surface area contributed by atoms with Crippen molar-refractivity contribution in [2.24, 2.45) is 10.7 Å². The zero-order valence-corrected chi connectivity index (χ0v) is 22.6. The van der Waals surface area contributed by atoms with Crippen LogP contribution in [-0.2, 0) is 12.7 Å². The number of nitrogens with zero attached hydrogens (tertiary/aromatic N) is 7. The summed E-state index contributed by atoms with van der Waals surface area (Å²) >= 11 is 0. The van der Waals surface area contributed by atoms with Gasteiger partial charge in [0.1, 0.15) is 18.0 Å². The number of hydrogen-bond acceptors (Lipinski definition) is 8. The summed E-state index contributed by atoms with van der Waals surface area (Å²) in [6.45, 7) is 2.14. The Morgan fingerprint density at radius 3 is 2.58 bits per heavy atom. The molecule has 2 aliphatic heterocycles. The zero-order chi connectivity index (χ0) is 28.2. The van der Waals surface area contributed by atoms with Gasteiger partial charge in [-0.2, -0.15) is 13.2 Å². The van der Waals surface area contributed by atoms with Crippen molar-refractivity contribution in [1.82, 2.24) is 24.5 Å². The van der Waals surface area contributed by atoms with E-state index in [1.165, 1.54) is 10.9 Å². The number of nitrogens with two attached hydrogens (primary N) is 1. The minimum absolute atomic E-state index is 0.0674. The third-order valence-electron chi connectivity index (χ3n) is 8.08. The molecule has 210 valence electrons. The molecule has 0 spiro atoms. The van der Waals surface area contributed by atoms with Gasteiger partial charge in [-0.25, -0.2) is 19.9 Å². The molecule has 1 aliphatic carbocycles. The van der Waals surface area contributed by atoms with Gasteiger partial charge in [0.2, 0.25) is 5.88 Å². The van der Waals surface area contributed by atoms with Gasteiger partial charge in [0.05, 0.1) is 30.1 Å². The minimum Gasteiger partial charge on any atom is -0.480 e. The van der Waals surface area contributed by atoms with Crippen molar-refractivity contribution in [2.75, 3.05) is 19.1 Å². The number of anilines is 1. The lowest BCUT2D eigenvalue weighted by molar-refractivity contribution is -0.140. The van der Waals surface area contributed by atoms with Crippen molar-refractivity contribution in [3.63, 3.8) is 0 Å². The van der Waals surface area contributed by atoms with Gasteiger partial charge in [-0.1, -0.05) is 0 Å². The van der Waals surface area contributed by atoms with E-state index in [4.69, 9.17) is 15.5 Å². The van der Waals surface area contributed by atoms with Crippen LogP contribution in [0.2, 0.25) is 0 Å². The Morgan fingerprint density at radius 2 is 1.95 bits per heavy atom. The summed E-state index contributed by atoms with van der Waals surface area (Å²) in [6.07, 6.45) is 4.27. The number of aliphatic imine (C=N–C) groups is 1. The molecule has 5 heterocycles. The van der Waals surface area contributed by atoms with Crippen LogP contribution in [0.15, 0.2) is 41.4 Å². The molecule has 3 fully saturated rings. The summed E-state index contributed by atoms with van der Waals surface area (Å²) in [4.78, 5) is 24.4. The summed E-state index contributed by atoms with van der Waals surface area (Å²) in [5, 5.41) is 0. The van der Waals surface area contributed by atoms with Crippen molar-refractivity contribution >= 4 is 17.2 Å². The maximum Gasteiger partial charge on any atom is 0.434 e. The molecule has 2 saturated heterocycles. The van der Waals surface area contributed by atoms with Crippen LogP contribution in [0.3, 0.4) is 0 Å². The second-order valence-electron chi connectivity index (χ2n) is 10.4. The second-order valence-corrected chi connectivity index (χ2v) is 10.4. The van der Waals surface area contributed by atoms with Gasteiger partial charge >= 0.3 is 6.18 Å². The van der Waals surface area contributed by atoms with Gasteiger partial charge in [0.25, 0.3) is 0 Å². The number of rotatable bonds is 6. The number of ether oxygens (including phenoxy) is 1. The standard InChI is InChI=1S/C28H31F3N8O/c1-4-38-13-20(28(29,30)31)37-26(38)16-7-10-21(34-12-16)39-17-8-9-19(39)22(18(11-17)33-2)24(32)23-25(15-5-6-15)35-14-36-27(23)40-3/h7,10,12-15,17,19H,4-6,8-9,11,32H2,1-3H3/b24-22+,33-18?. The molecule has 3 aromatic rings. The van der Waals surface area contributed by atoms with E-state index in [0.717, 1.165) is 60.2 Å². The topological polar surface area (TPSA) is 107 Å². The monoisotopic (exact) mass is 552 g/mol. The highest BCUT2D eigenvalue weighted by atomic mass is 19.4. The van der Waals surface area contributed by atoms with E-state index in [1.807, 2.05) is 6.07 Å². The van der Waals surface area contributed by atoms with Gasteiger partial charge in [-0.05, 0) is 44.7 Å². The first-order chi connectivity index (χ1) is 19.2. The molecule has 0 radical (unpaired) electrons. The number of piperidine rings is 1. The zero-order valence-electron chi connectivity index (χ0n) is 22.6. The lowest BCUT2D eigenvalue weighted by atomic mass is 9.89. The molecule has 2 N–H and O–H groups in total. The summed E-state index contributed by atoms with van der Waals surface area (Å²) < 4.78 is 47.0. The second kappa shape index (κ2) is 9.90. The van der Waals surface area contributed by atoms with E-state index in [9.17, 15) is 13.2 Å². The fourth-order valence-corrected chi connectivity index (χ4v) is 6.07. The Kier molecular flexibility index (Phi) is 6.50. The normalized spacial score (nSPS) is 23.1. The van der Waals surface area contributed by atoms with Gasteiger partial charge in [-0.3, -0.25) is 4.99 Å². The highest BCUT2D eigenvalue weighted by Crippen LogP contribution is 2.47. The molecular formula is C28H31F3N8O. The third-order valence-corrected chi connectivity index (χ3v) is 8.08. The van der Waals surface area contributed by atoms with E-state index >= 15 is 0 Å². The Labute approximate surface area is 230 Å². The van der Waals surface area contributed by atoms with Gasteiger partial charge in [0.15, 0.2) is 5.69 Å². The largest absolute Gasteiger partial charge is 0.480 e. The van der Waals surface area contributed by atoms with Crippen LogP contribution in [0.25, 0.3) is 17.1 Å². The highest BCUT2D eigenvalue weighted by Gasteiger charge is 2.45. The molecule has 3 aliphatic rings. The van der Waals surface area contributed by atoms with Gasteiger partial charge in [0, 0.05) is 61.2 Å². The molecule has 12 heteroatoms. The number of aryl methyl sites for hydroxylation is 1. The molecule has 2 unspecified atom stereocenters. The van der Waals surface area contributed by atoms with Crippen molar-refractivity contribution in [3.8, 4) is 17.3 Å². The quantitative estimate of drug-likeness (QED) is 0.466. The third kappa shape index (κ3) is 4.39. The van der Waals surface area contributed by atoms with E-state index in [1.54, 1.807) is 33.3 Å². The van der Waals surface area contributed by atoms with Crippen LogP contribution in [0.5, 0.6) is 5.88 Å². The number of aromatic nitrogens is 5. The van der Waals surface area contributed by atoms with Crippen molar-refractivity contribution in [3.05, 3.63) is 53.4 Å². The summed E-state index contributed by atoms with van der Waals surface area (Å²) in [7, 11) is 3.37. The Balaban J connectivity index is 1.39. The van der Waals surface area contributed by atoms with Crippen LogP contribution >= 0.6 is 0 Å². The van der Waals surface area contributed by atoms with E-state index in [-0.39, 0.29) is 17.9 Å². The Bertz CT molecular complexity index is 1490. The van der Waals surface area contributed by atoms with Crippen LogP contribution < -0.4 is 15.4 Å². The van der Waals surface area contributed by atoms with Crippen molar-refractivity contribution in [2.45, 2.75) is 69.8 Å². The first-order valence-electron chi connectivity index (χ1n) is 13.5. The predicted molar refractivity (Wildman–Crippen MR) is 145 cm³/mol. The summed E-state index contributed by atoms with van der Waals surface area (Å²) in [6, 6.07) is 3.75. The number of halogens is 3. The molecule has 40 heavy (non-hydrogen) atoms. The number of imidazole rings is 1. The van der Waals surface area contributed by atoms with Gasteiger partial charge in [-0.15, -0.1) is 0 Å². The minimum atomic E-state index is -4.51. The smallest absolute Gasteiger partial charge is 0.434 e. The highest BCUT2D eigenvalue weighted by molar-refractivity contribution is 6.09. The SMILES string of the molecule is CCn1cc(C(F)(F)F)nc1-c1ccc(N2C3CCC2/C(=C(/N)c2c(OC)ncnc2C2CC2)C(=NC)C3)nc1. The molecule has 2 atom stereocenters. The molecule has 1 saturated carbocycles. The molecule has 6 rings (SSSR count). The molecule has 0 aromatic carbocycles. The summed E-state index contributed by atoms with van der Waals surface area (Å²) in [5.74, 6) is 1.77. The van der Waals surface area contributed by atoms with E-state index in [2.05, 4.69) is 24.8 Å². The number of methoxy groups -OCH3 is 1. The molecule has 9 nitrogen and oxygen atoms in total. The summed E-state index contributed by atoms with van der Waals surface area (Å²) in [5.41, 5.74) is 10.7. The van der Waals surface area contributed by atoms with Crippen LogP contribution in [0.1, 0.15) is 61.9 Å². The maximum atomic E-state index is 13.3. The lowest BCUT2D eigenvalue weighted by Crippen LogP contribution is -2.46. The van der Waals surface area contributed by atoms with Gasteiger partial charge < -0.3 is 19.9 Å². The van der Waals surface area contributed by atoms with Crippen LogP contribution in [0.4, 0.5) is 19.0 Å². The number of fused-ring (bicyclic) bond motifs is 2. The molecule has 3 aromatic heterocycles. The van der Waals surface area contributed by atoms with Crippen LogP contribution in [-0.4, -0.2) is 56.5 Å². The maximum absolute atomic E-state index is 13.3. The number of hydrogen-bond donors (Lipinski definition) is 1. The fraction of sp³-hybridized carbons (Fsp3) is 0.464. The Hall–Kier alpha value is -3.96. The molecular weight excluding hydrogens is 521 g/mol. The lowest BCUT2D eigenvalue weighted by Gasteiger charge is -2.39. The van der Waals surface area contributed by atoms with Crippen molar-refractivity contribution in [1.29, 1.82) is 0 Å².